The maximum Gasteiger partial charge on any atom is 0.150 e. The Bertz CT molecular complexity index is 871. The molecule has 0 amide bonds. The van der Waals surface area contributed by atoms with Gasteiger partial charge >= 0.3 is 0 Å². The first-order chi connectivity index (χ1) is 13.0. The van der Waals surface area contributed by atoms with Crippen molar-refractivity contribution >= 4 is 24.1 Å². The van der Waals surface area contributed by atoms with Gasteiger partial charge in [-0.1, -0.05) is 30.3 Å². The van der Waals surface area contributed by atoms with E-state index in [4.69, 9.17) is 10.5 Å². The van der Waals surface area contributed by atoms with Crippen molar-refractivity contribution in [2.45, 2.75) is 32.3 Å². The maximum atomic E-state index is 11.1. The van der Waals surface area contributed by atoms with Crippen LogP contribution in [-0.4, -0.2) is 23.8 Å². The lowest BCUT2D eigenvalue weighted by Crippen LogP contribution is -2.13. The minimum Gasteiger partial charge on any atom is -0.512 e. The first kappa shape index (κ1) is 20.7. The number of aldehydes is 1. The number of hydrogen-bond acceptors (Lipinski definition) is 5. The molecule has 0 saturated carbocycles. The van der Waals surface area contributed by atoms with E-state index in [0.29, 0.717) is 24.4 Å². The Morgan fingerprint density at radius 3 is 2.63 bits per heavy atom. The lowest BCUT2D eigenvalue weighted by Gasteiger charge is -2.13. The molecule has 0 aromatic heterocycles. The Hall–Kier alpha value is -2.57. The van der Waals surface area contributed by atoms with E-state index in [1.165, 1.54) is 11.9 Å². The van der Waals surface area contributed by atoms with Gasteiger partial charge in [-0.15, -0.1) is 0 Å². The zero-order chi connectivity index (χ0) is 19.8. The fourth-order valence-corrected chi connectivity index (χ4v) is 3.15. The molecule has 27 heavy (non-hydrogen) atoms. The normalized spacial score (nSPS) is 12.6. The van der Waals surface area contributed by atoms with Gasteiger partial charge in [-0.2, -0.15) is 4.40 Å². The van der Waals surface area contributed by atoms with Crippen LogP contribution in [0, 0.1) is 0 Å². The molecule has 6 heteroatoms. The predicted octanol–water partition coefficient (Wildman–Crippen LogP) is 4.92. The van der Waals surface area contributed by atoms with Crippen molar-refractivity contribution in [3.8, 4) is 11.1 Å². The number of rotatable bonds is 8. The third kappa shape index (κ3) is 5.45. The maximum absolute atomic E-state index is 11.1. The SMILES string of the molecule is CCOCc1cc(C=O)ccc1-c1ccccc1SN=C(N)/C(C)=C(/C)O. The van der Waals surface area contributed by atoms with Crippen LogP contribution in [0.4, 0.5) is 0 Å². The van der Waals surface area contributed by atoms with Crippen LogP contribution in [-0.2, 0) is 11.3 Å². The summed E-state index contributed by atoms with van der Waals surface area (Å²) in [4.78, 5) is 12.1. The number of benzene rings is 2. The first-order valence-electron chi connectivity index (χ1n) is 8.60. The van der Waals surface area contributed by atoms with Gasteiger partial charge < -0.3 is 15.6 Å². The largest absolute Gasteiger partial charge is 0.512 e. The van der Waals surface area contributed by atoms with Gasteiger partial charge in [-0.25, -0.2) is 0 Å². The third-order valence-corrected chi connectivity index (χ3v) is 4.91. The Morgan fingerprint density at radius 2 is 1.96 bits per heavy atom. The van der Waals surface area contributed by atoms with E-state index in [0.717, 1.165) is 27.9 Å². The van der Waals surface area contributed by atoms with E-state index in [2.05, 4.69) is 4.40 Å². The summed E-state index contributed by atoms with van der Waals surface area (Å²) < 4.78 is 9.91. The Morgan fingerprint density at radius 1 is 1.22 bits per heavy atom. The van der Waals surface area contributed by atoms with Gasteiger partial charge in [0.2, 0.25) is 0 Å². The molecule has 3 N–H and O–H groups in total. The van der Waals surface area contributed by atoms with Crippen LogP contribution in [0.3, 0.4) is 0 Å². The Balaban J connectivity index is 2.45. The van der Waals surface area contributed by atoms with E-state index in [-0.39, 0.29) is 11.6 Å². The fourth-order valence-electron chi connectivity index (χ4n) is 2.40. The highest BCUT2D eigenvalue weighted by molar-refractivity contribution is 7.98. The van der Waals surface area contributed by atoms with E-state index in [9.17, 15) is 9.90 Å². The summed E-state index contributed by atoms with van der Waals surface area (Å²) in [6.07, 6.45) is 0.831. The van der Waals surface area contributed by atoms with Crippen molar-refractivity contribution in [2.75, 3.05) is 6.61 Å². The number of nitrogens with two attached hydrogens (primary N) is 1. The molecule has 2 rings (SSSR count). The summed E-state index contributed by atoms with van der Waals surface area (Å²) in [5.41, 5.74) is 10.0. The van der Waals surface area contributed by atoms with Crippen LogP contribution < -0.4 is 5.73 Å². The average Bonchev–Trinajstić information content (AvgIpc) is 2.69. The molecule has 0 atom stereocenters. The minimum absolute atomic E-state index is 0.147. The highest BCUT2D eigenvalue weighted by atomic mass is 32.2. The number of aliphatic hydroxyl groups excluding tert-OH is 1. The molecular weight excluding hydrogens is 360 g/mol. The van der Waals surface area contributed by atoms with Crippen LogP contribution in [0.5, 0.6) is 0 Å². The van der Waals surface area contributed by atoms with Crippen molar-refractivity contribution in [3.05, 3.63) is 64.9 Å². The predicted molar refractivity (Wildman–Crippen MR) is 111 cm³/mol. The number of hydrogen-bond donors (Lipinski definition) is 2. The fraction of sp³-hybridized carbons (Fsp3) is 0.238. The summed E-state index contributed by atoms with van der Waals surface area (Å²) in [6.45, 7) is 6.24. The van der Waals surface area contributed by atoms with E-state index < -0.39 is 0 Å². The van der Waals surface area contributed by atoms with Gasteiger partial charge in [-0.3, -0.25) is 4.79 Å². The van der Waals surface area contributed by atoms with Gasteiger partial charge in [0.1, 0.15) is 12.1 Å². The number of ether oxygens (including phenoxy) is 1. The summed E-state index contributed by atoms with van der Waals surface area (Å²) in [5, 5.41) is 9.56. The molecule has 142 valence electrons. The van der Waals surface area contributed by atoms with Crippen molar-refractivity contribution in [2.24, 2.45) is 10.1 Å². The van der Waals surface area contributed by atoms with Crippen molar-refractivity contribution < 1.29 is 14.6 Å². The molecule has 0 saturated heterocycles. The van der Waals surface area contributed by atoms with E-state index >= 15 is 0 Å². The van der Waals surface area contributed by atoms with Crippen LogP contribution >= 0.6 is 11.9 Å². The molecule has 5 nitrogen and oxygen atoms in total. The van der Waals surface area contributed by atoms with Crippen molar-refractivity contribution in [1.82, 2.24) is 0 Å². The second-order valence-corrected chi connectivity index (χ2v) is 6.75. The summed E-state index contributed by atoms with van der Waals surface area (Å²) in [5.74, 6) is 0.425. The highest BCUT2D eigenvalue weighted by Crippen LogP contribution is 2.34. The van der Waals surface area contributed by atoms with Crippen LogP contribution in [0.2, 0.25) is 0 Å². The van der Waals surface area contributed by atoms with Crippen molar-refractivity contribution in [3.63, 3.8) is 0 Å². The monoisotopic (exact) mass is 384 g/mol. The molecule has 0 unspecified atom stereocenters. The summed E-state index contributed by atoms with van der Waals surface area (Å²) in [7, 11) is 0. The summed E-state index contributed by atoms with van der Waals surface area (Å²) in [6, 6.07) is 13.4. The first-order valence-corrected chi connectivity index (χ1v) is 9.37. The molecule has 0 bridgehead atoms. The van der Waals surface area contributed by atoms with Gasteiger partial charge in [0.15, 0.2) is 0 Å². The molecule has 2 aromatic rings. The van der Waals surface area contributed by atoms with E-state index in [1.807, 2.05) is 43.3 Å². The van der Waals surface area contributed by atoms with Crippen LogP contribution in [0.1, 0.15) is 36.7 Å². The van der Waals surface area contributed by atoms with Crippen molar-refractivity contribution in [1.29, 1.82) is 0 Å². The molecule has 0 aliphatic heterocycles. The second kappa shape index (κ2) is 9.94. The lowest BCUT2D eigenvalue weighted by molar-refractivity contribution is 0.112. The lowest BCUT2D eigenvalue weighted by atomic mass is 9.98. The number of amidine groups is 1. The quantitative estimate of drug-likeness (QED) is 0.222. The molecule has 0 heterocycles. The molecule has 0 spiro atoms. The molecular formula is C21H24N2O3S. The molecule has 0 aliphatic rings. The number of carbonyl (C=O) groups is 1. The topological polar surface area (TPSA) is 84.9 Å². The third-order valence-electron chi connectivity index (χ3n) is 4.07. The number of nitrogens with zero attached hydrogens (tertiary/aromatic N) is 1. The zero-order valence-corrected chi connectivity index (χ0v) is 16.5. The molecule has 2 aromatic carbocycles. The smallest absolute Gasteiger partial charge is 0.150 e. The summed E-state index contributed by atoms with van der Waals surface area (Å²) >= 11 is 1.25. The van der Waals surface area contributed by atoms with Gasteiger partial charge in [0.05, 0.1) is 12.4 Å². The van der Waals surface area contributed by atoms with Gasteiger partial charge in [-0.05, 0) is 49.6 Å². The number of allylic oxidation sites excluding steroid dienone is 1. The van der Waals surface area contributed by atoms with Crippen LogP contribution in [0.15, 0.2) is 63.1 Å². The molecule has 0 aliphatic carbocycles. The standard InChI is InChI=1S/C21H24N2O3S/c1-4-26-13-17-11-16(12-24)9-10-18(17)19-7-5-6-8-20(19)27-23-21(22)14(2)15(3)25/h5-12,25H,4,13H2,1-3H3,(H2,22,23)/b15-14-. The second-order valence-electron chi connectivity index (χ2n) is 5.95. The van der Waals surface area contributed by atoms with Gasteiger partial charge in [0, 0.05) is 34.6 Å². The molecule has 0 radical (unpaired) electrons. The number of carbonyl (C=O) groups excluding carboxylic acids is 1. The minimum atomic E-state index is 0.147. The molecule has 0 fully saturated rings. The Kier molecular flexibility index (Phi) is 7.64. The van der Waals surface area contributed by atoms with Crippen LogP contribution in [0.25, 0.3) is 11.1 Å². The van der Waals surface area contributed by atoms with E-state index in [1.54, 1.807) is 19.9 Å². The Labute approximate surface area is 164 Å². The van der Waals surface area contributed by atoms with Gasteiger partial charge in [0.25, 0.3) is 0 Å². The number of aliphatic hydroxyl groups is 1. The highest BCUT2D eigenvalue weighted by Gasteiger charge is 2.12. The average molecular weight is 385 g/mol. The zero-order valence-electron chi connectivity index (χ0n) is 15.7.